The quantitative estimate of drug-likeness (QED) is 0.743. The highest BCUT2D eigenvalue weighted by molar-refractivity contribution is 5.96. The Morgan fingerprint density at radius 3 is 3.00 bits per heavy atom. The Morgan fingerprint density at radius 2 is 2.37 bits per heavy atom. The highest BCUT2D eigenvalue weighted by Gasteiger charge is 2.13. The molecule has 19 heavy (non-hydrogen) atoms. The second-order valence-electron chi connectivity index (χ2n) is 4.23. The van der Waals surface area contributed by atoms with Gasteiger partial charge in [-0.1, -0.05) is 0 Å². The Morgan fingerprint density at radius 1 is 1.58 bits per heavy atom. The molecule has 0 radical (unpaired) electrons. The monoisotopic (exact) mass is 261 g/mol. The predicted octanol–water partition coefficient (Wildman–Crippen LogP) is 1.06. The van der Waals surface area contributed by atoms with Gasteiger partial charge in [-0.25, -0.2) is 14.8 Å². The number of aromatic carboxylic acids is 1. The highest BCUT2D eigenvalue weighted by atomic mass is 16.4. The number of nitrogens with zero attached hydrogens (tertiary/aromatic N) is 3. The number of carboxylic acids is 1. The molecule has 1 unspecified atom stereocenters. The minimum Gasteiger partial charge on any atom is -0.478 e. The van der Waals surface area contributed by atoms with E-state index in [1.165, 1.54) is 12.3 Å². The van der Waals surface area contributed by atoms with E-state index in [0.717, 1.165) is 0 Å². The number of rotatable bonds is 5. The maximum Gasteiger partial charge on any atom is 0.337 e. The van der Waals surface area contributed by atoms with E-state index < -0.39 is 5.97 Å². The van der Waals surface area contributed by atoms with Gasteiger partial charge in [-0.3, -0.25) is 0 Å². The van der Waals surface area contributed by atoms with Crippen molar-refractivity contribution in [2.24, 2.45) is 0 Å². The van der Waals surface area contributed by atoms with Gasteiger partial charge in [-0.2, -0.15) is 0 Å². The number of hydrogen-bond acceptors (Lipinski definition) is 5. The lowest BCUT2D eigenvalue weighted by Gasteiger charge is -2.16. The lowest BCUT2D eigenvalue weighted by molar-refractivity contribution is 0.0698. The van der Waals surface area contributed by atoms with E-state index in [2.05, 4.69) is 15.3 Å². The molecule has 1 atom stereocenters. The molecule has 0 spiro atoms. The third kappa shape index (κ3) is 3.01. The molecule has 0 aromatic carbocycles. The second kappa shape index (κ2) is 5.38. The zero-order valence-corrected chi connectivity index (χ0v) is 10.4. The molecule has 0 bridgehead atoms. The smallest absolute Gasteiger partial charge is 0.337 e. The van der Waals surface area contributed by atoms with Gasteiger partial charge in [-0.15, -0.1) is 0 Å². The Kier molecular flexibility index (Phi) is 3.65. The zero-order chi connectivity index (χ0) is 13.8. The molecule has 2 heterocycles. The first kappa shape index (κ1) is 12.9. The lowest BCUT2D eigenvalue weighted by Crippen LogP contribution is -2.23. The number of anilines is 2. The van der Waals surface area contributed by atoms with E-state index >= 15 is 0 Å². The van der Waals surface area contributed by atoms with Crippen LogP contribution < -0.4 is 11.1 Å². The third-order valence-corrected chi connectivity index (χ3v) is 2.65. The summed E-state index contributed by atoms with van der Waals surface area (Å²) >= 11 is 0. The molecule has 0 aliphatic heterocycles. The van der Waals surface area contributed by atoms with Gasteiger partial charge in [0.05, 0.1) is 17.6 Å². The van der Waals surface area contributed by atoms with E-state index in [1.807, 2.05) is 17.7 Å². The maximum absolute atomic E-state index is 11.0. The van der Waals surface area contributed by atoms with E-state index in [9.17, 15) is 4.79 Å². The van der Waals surface area contributed by atoms with Crippen molar-refractivity contribution in [1.82, 2.24) is 14.5 Å². The van der Waals surface area contributed by atoms with Crippen LogP contribution in [0.3, 0.4) is 0 Å². The van der Waals surface area contributed by atoms with Gasteiger partial charge >= 0.3 is 5.97 Å². The van der Waals surface area contributed by atoms with Gasteiger partial charge in [0, 0.05) is 31.2 Å². The molecule has 0 aliphatic carbocycles. The average molecular weight is 261 g/mol. The summed E-state index contributed by atoms with van der Waals surface area (Å²) in [6, 6.07) is 1.41. The van der Waals surface area contributed by atoms with E-state index in [1.54, 1.807) is 12.5 Å². The van der Waals surface area contributed by atoms with Crippen LogP contribution in [0.25, 0.3) is 0 Å². The summed E-state index contributed by atoms with van der Waals surface area (Å²) in [4.78, 5) is 19.0. The second-order valence-corrected chi connectivity index (χ2v) is 4.23. The van der Waals surface area contributed by atoms with Crippen LogP contribution in [0, 0.1) is 0 Å². The molecular formula is C12H15N5O2. The highest BCUT2D eigenvalue weighted by Crippen LogP contribution is 2.20. The SMILES string of the molecule is CC(Cn1ccnc1)Nc1nccc(C(=O)O)c1N. The number of carbonyl (C=O) groups is 1. The molecule has 7 heteroatoms. The summed E-state index contributed by atoms with van der Waals surface area (Å²) in [6.45, 7) is 2.63. The van der Waals surface area contributed by atoms with Crippen LogP contribution in [0.4, 0.5) is 11.5 Å². The van der Waals surface area contributed by atoms with Crippen LogP contribution in [-0.2, 0) is 6.54 Å². The van der Waals surface area contributed by atoms with Gasteiger partial charge in [0.15, 0.2) is 0 Å². The molecule has 100 valence electrons. The molecule has 0 aliphatic rings. The number of imidazole rings is 1. The van der Waals surface area contributed by atoms with Gasteiger partial charge < -0.3 is 20.7 Å². The van der Waals surface area contributed by atoms with Crippen LogP contribution in [0.5, 0.6) is 0 Å². The standard InChI is InChI=1S/C12H15N5O2/c1-8(6-17-5-4-14-7-17)16-11-10(13)9(12(18)19)2-3-15-11/h2-5,7-8H,6,13H2,1H3,(H,15,16)(H,18,19). The summed E-state index contributed by atoms with van der Waals surface area (Å²) in [6.07, 6.45) is 6.68. The first-order valence-corrected chi connectivity index (χ1v) is 5.78. The van der Waals surface area contributed by atoms with Crippen LogP contribution in [-0.4, -0.2) is 31.7 Å². The van der Waals surface area contributed by atoms with Gasteiger partial charge in [0.1, 0.15) is 5.82 Å². The topological polar surface area (TPSA) is 106 Å². The molecular weight excluding hydrogens is 246 g/mol. The molecule has 0 fully saturated rings. The van der Waals surface area contributed by atoms with Crippen LogP contribution in [0.2, 0.25) is 0 Å². The number of hydrogen-bond donors (Lipinski definition) is 3. The van der Waals surface area contributed by atoms with Crippen LogP contribution in [0.15, 0.2) is 31.0 Å². The Labute approximate surface area is 110 Å². The summed E-state index contributed by atoms with van der Waals surface area (Å²) < 4.78 is 1.91. The number of carboxylic acid groups (broad SMARTS) is 1. The van der Waals surface area contributed by atoms with Crippen molar-refractivity contribution in [2.45, 2.75) is 19.5 Å². The molecule has 7 nitrogen and oxygen atoms in total. The number of pyridine rings is 1. The summed E-state index contributed by atoms with van der Waals surface area (Å²) in [7, 11) is 0. The van der Waals surface area contributed by atoms with E-state index in [0.29, 0.717) is 12.4 Å². The summed E-state index contributed by atoms with van der Waals surface area (Å²) in [5.41, 5.74) is 5.98. The molecule has 2 aromatic rings. The normalized spacial score (nSPS) is 12.1. The fourth-order valence-corrected chi connectivity index (χ4v) is 1.76. The fourth-order valence-electron chi connectivity index (χ4n) is 1.76. The Hall–Kier alpha value is -2.57. The van der Waals surface area contributed by atoms with Crippen molar-refractivity contribution < 1.29 is 9.90 Å². The molecule has 0 amide bonds. The van der Waals surface area contributed by atoms with Crippen LogP contribution in [0.1, 0.15) is 17.3 Å². The number of nitrogens with two attached hydrogens (primary N) is 1. The molecule has 0 saturated heterocycles. The van der Waals surface area contributed by atoms with E-state index in [-0.39, 0.29) is 17.3 Å². The van der Waals surface area contributed by atoms with Crippen molar-refractivity contribution in [3.63, 3.8) is 0 Å². The van der Waals surface area contributed by atoms with Crippen molar-refractivity contribution in [2.75, 3.05) is 11.1 Å². The van der Waals surface area contributed by atoms with Crippen molar-refractivity contribution >= 4 is 17.5 Å². The van der Waals surface area contributed by atoms with Crippen LogP contribution >= 0.6 is 0 Å². The maximum atomic E-state index is 11.0. The number of nitrogen functional groups attached to an aromatic ring is 1. The fraction of sp³-hybridized carbons (Fsp3) is 0.250. The Balaban J connectivity index is 2.10. The summed E-state index contributed by atoms with van der Waals surface area (Å²) in [5, 5.41) is 12.1. The van der Waals surface area contributed by atoms with Crippen molar-refractivity contribution in [3.05, 3.63) is 36.5 Å². The minimum atomic E-state index is -1.06. The number of nitrogens with one attached hydrogen (secondary N) is 1. The molecule has 2 aromatic heterocycles. The van der Waals surface area contributed by atoms with Crippen molar-refractivity contribution in [1.29, 1.82) is 0 Å². The third-order valence-electron chi connectivity index (χ3n) is 2.65. The summed E-state index contributed by atoms with van der Waals surface area (Å²) in [5.74, 6) is -0.683. The first-order chi connectivity index (χ1) is 9.08. The zero-order valence-electron chi connectivity index (χ0n) is 10.4. The largest absolute Gasteiger partial charge is 0.478 e. The Bertz CT molecular complexity index is 568. The average Bonchev–Trinajstić information content (AvgIpc) is 2.84. The molecule has 4 N–H and O–H groups in total. The number of aromatic nitrogens is 3. The predicted molar refractivity (Wildman–Crippen MR) is 70.9 cm³/mol. The van der Waals surface area contributed by atoms with Gasteiger partial charge in [0.2, 0.25) is 0 Å². The van der Waals surface area contributed by atoms with Gasteiger partial charge in [0.25, 0.3) is 0 Å². The minimum absolute atomic E-state index is 0.0352. The first-order valence-electron chi connectivity index (χ1n) is 5.78. The van der Waals surface area contributed by atoms with E-state index in [4.69, 9.17) is 10.8 Å². The molecule has 2 rings (SSSR count). The molecule has 0 saturated carbocycles. The van der Waals surface area contributed by atoms with Crippen molar-refractivity contribution in [3.8, 4) is 0 Å². The lowest BCUT2D eigenvalue weighted by atomic mass is 10.2. The van der Waals surface area contributed by atoms with Gasteiger partial charge in [-0.05, 0) is 13.0 Å².